The Hall–Kier alpha value is -4.19. The summed E-state index contributed by atoms with van der Waals surface area (Å²) < 4.78 is 6.70. The van der Waals surface area contributed by atoms with Crippen molar-refractivity contribution in [1.29, 1.82) is 0 Å². The van der Waals surface area contributed by atoms with Crippen molar-refractivity contribution in [2.45, 2.75) is 20.3 Å². The third-order valence-corrected chi connectivity index (χ3v) is 5.90. The van der Waals surface area contributed by atoms with Gasteiger partial charge in [0.05, 0.1) is 0 Å². The van der Waals surface area contributed by atoms with Crippen molar-refractivity contribution in [1.82, 2.24) is 4.57 Å². The average molecular weight is 455 g/mol. The largest absolute Gasteiger partial charge is 0.451 e. The van der Waals surface area contributed by atoms with Gasteiger partial charge in [-0.3, -0.25) is 9.59 Å². The van der Waals surface area contributed by atoms with Gasteiger partial charge in [0.1, 0.15) is 5.69 Å². The highest BCUT2D eigenvalue weighted by Gasteiger charge is 2.23. The summed E-state index contributed by atoms with van der Waals surface area (Å²) in [6.07, 6.45) is 0.761. The molecule has 0 bridgehead atoms. The molecule has 4 aromatic rings. The van der Waals surface area contributed by atoms with Crippen molar-refractivity contribution in [3.05, 3.63) is 100.0 Å². The molecule has 0 radical (unpaired) electrons. The maximum absolute atomic E-state index is 13.2. The van der Waals surface area contributed by atoms with Gasteiger partial charge in [-0.05, 0) is 41.5 Å². The first-order valence-electron chi connectivity index (χ1n) is 11.1. The molecule has 0 saturated heterocycles. The Balaban J connectivity index is 1.68. The van der Waals surface area contributed by atoms with Crippen LogP contribution in [0.25, 0.3) is 21.9 Å². The maximum atomic E-state index is 13.2. The van der Waals surface area contributed by atoms with Gasteiger partial charge in [0.2, 0.25) is 0 Å². The third-order valence-electron chi connectivity index (χ3n) is 5.90. The second kappa shape index (κ2) is 9.75. The Labute approximate surface area is 197 Å². The summed E-state index contributed by atoms with van der Waals surface area (Å²) in [5.41, 5.74) is 3.83. The summed E-state index contributed by atoms with van der Waals surface area (Å²) in [6.45, 7) is 3.46. The van der Waals surface area contributed by atoms with E-state index in [0.717, 1.165) is 28.8 Å². The highest BCUT2D eigenvalue weighted by molar-refractivity contribution is 6.07. The molecule has 0 unspecified atom stereocenters. The molecule has 34 heavy (non-hydrogen) atoms. The number of ether oxygens (including phenoxy) is 1. The van der Waals surface area contributed by atoms with Gasteiger partial charge in [0.15, 0.2) is 6.61 Å². The zero-order valence-electron chi connectivity index (χ0n) is 19.4. The Morgan fingerprint density at radius 2 is 1.59 bits per heavy atom. The summed E-state index contributed by atoms with van der Waals surface area (Å²) >= 11 is 0. The zero-order chi connectivity index (χ0) is 24.2. The van der Waals surface area contributed by atoms with Gasteiger partial charge < -0.3 is 14.6 Å². The minimum absolute atomic E-state index is 0.104. The molecule has 0 aliphatic heterocycles. The number of rotatable bonds is 6. The van der Waals surface area contributed by atoms with E-state index >= 15 is 0 Å². The van der Waals surface area contributed by atoms with Crippen molar-refractivity contribution in [2.75, 3.05) is 11.9 Å². The molecule has 1 aromatic heterocycles. The third kappa shape index (κ3) is 4.35. The predicted molar refractivity (Wildman–Crippen MR) is 134 cm³/mol. The fraction of sp³-hybridized carbons (Fsp3) is 0.179. The number of hydrogen-bond donors (Lipinski definition) is 1. The van der Waals surface area contributed by atoms with Crippen molar-refractivity contribution in [3.63, 3.8) is 0 Å². The van der Waals surface area contributed by atoms with Crippen LogP contribution < -0.4 is 10.9 Å². The number of fused-ring (bicyclic) bond motifs is 1. The van der Waals surface area contributed by atoms with Gasteiger partial charge in [-0.2, -0.15) is 0 Å². The number of aromatic nitrogens is 1. The van der Waals surface area contributed by atoms with Gasteiger partial charge in [-0.15, -0.1) is 0 Å². The second-order valence-corrected chi connectivity index (χ2v) is 8.09. The van der Waals surface area contributed by atoms with Crippen LogP contribution in [0, 0.1) is 6.92 Å². The van der Waals surface area contributed by atoms with Crippen LogP contribution in [0.2, 0.25) is 0 Å². The van der Waals surface area contributed by atoms with Crippen LogP contribution in [0.5, 0.6) is 0 Å². The van der Waals surface area contributed by atoms with E-state index in [-0.39, 0.29) is 11.3 Å². The first-order chi connectivity index (χ1) is 16.4. The first-order valence-corrected chi connectivity index (χ1v) is 11.1. The molecular weight excluding hydrogens is 428 g/mol. The molecule has 4 rings (SSSR count). The number of para-hydroxylation sites is 1. The summed E-state index contributed by atoms with van der Waals surface area (Å²) in [5.74, 6) is -1.18. The number of benzene rings is 3. The van der Waals surface area contributed by atoms with Crippen LogP contribution in [0.1, 0.15) is 28.5 Å². The lowest BCUT2D eigenvalue weighted by Crippen LogP contribution is -2.28. The number of esters is 1. The van der Waals surface area contributed by atoms with E-state index in [9.17, 15) is 14.4 Å². The van der Waals surface area contributed by atoms with Crippen molar-refractivity contribution >= 4 is 28.3 Å². The predicted octanol–water partition coefficient (Wildman–Crippen LogP) is 4.87. The summed E-state index contributed by atoms with van der Waals surface area (Å²) in [5, 5.41) is 4.01. The molecule has 1 N–H and O–H groups in total. The lowest BCUT2D eigenvalue weighted by molar-refractivity contribution is -0.119. The number of hydrogen-bond acceptors (Lipinski definition) is 4. The minimum atomic E-state index is -0.736. The Morgan fingerprint density at radius 1 is 0.912 bits per heavy atom. The molecule has 0 saturated carbocycles. The Bertz CT molecular complexity index is 1440. The molecule has 6 heteroatoms. The maximum Gasteiger partial charge on any atom is 0.356 e. The molecule has 1 heterocycles. The van der Waals surface area contributed by atoms with Crippen LogP contribution in [0.4, 0.5) is 5.69 Å². The van der Waals surface area contributed by atoms with Crippen LogP contribution >= 0.6 is 0 Å². The monoisotopic (exact) mass is 454 g/mol. The number of aryl methyl sites for hydroxylation is 2. The van der Waals surface area contributed by atoms with E-state index in [1.54, 1.807) is 19.2 Å². The van der Waals surface area contributed by atoms with E-state index in [0.29, 0.717) is 16.3 Å². The topological polar surface area (TPSA) is 77.4 Å². The molecule has 0 fully saturated rings. The second-order valence-electron chi connectivity index (χ2n) is 8.09. The van der Waals surface area contributed by atoms with E-state index < -0.39 is 18.5 Å². The smallest absolute Gasteiger partial charge is 0.356 e. The number of carbonyl (C=O) groups excluding carboxylic acids is 2. The van der Waals surface area contributed by atoms with Crippen LogP contribution in [-0.4, -0.2) is 23.1 Å². The van der Waals surface area contributed by atoms with E-state index in [2.05, 4.69) is 5.32 Å². The molecule has 6 nitrogen and oxygen atoms in total. The molecule has 0 aliphatic carbocycles. The highest BCUT2D eigenvalue weighted by Crippen LogP contribution is 2.31. The summed E-state index contributed by atoms with van der Waals surface area (Å²) in [6, 6.07) is 22.3. The SMILES string of the molecule is CCc1cccc(C)c1NC(=O)COC(=O)c1c(-c2ccccc2)c2ccccc2c(=O)n1C. The van der Waals surface area contributed by atoms with Crippen LogP contribution in [-0.2, 0) is 23.0 Å². The number of nitrogens with zero attached hydrogens (tertiary/aromatic N) is 1. The minimum Gasteiger partial charge on any atom is -0.451 e. The summed E-state index contributed by atoms with van der Waals surface area (Å²) in [7, 11) is 1.54. The van der Waals surface area contributed by atoms with E-state index in [4.69, 9.17) is 4.74 Å². The van der Waals surface area contributed by atoms with Gasteiger partial charge in [0.25, 0.3) is 11.5 Å². The zero-order valence-corrected chi connectivity index (χ0v) is 19.4. The van der Waals surface area contributed by atoms with E-state index in [1.165, 1.54) is 4.57 Å². The quantitative estimate of drug-likeness (QED) is 0.422. The fourth-order valence-electron chi connectivity index (χ4n) is 4.18. The van der Waals surface area contributed by atoms with Gasteiger partial charge in [-0.1, -0.05) is 73.7 Å². The Morgan fingerprint density at radius 3 is 2.29 bits per heavy atom. The summed E-state index contributed by atoms with van der Waals surface area (Å²) in [4.78, 5) is 38.9. The lowest BCUT2D eigenvalue weighted by atomic mass is 9.97. The number of anilines is 1. The van der Waals surface area contributed by atoms with Gasteiger partial charge >= 0.3 is 5.97 Å². The number of carbonyl (C=O) groups is 2. The number of nitrogens with one attached hydrogen (secondary N) is 1. The van der Waals surface area contributed by atoms with Gasteiger partial charge in [0, 0.05) is 23.7 Å². The van der Waals surface area contributed by atoms with Crippen molar-refractivity contribution < 1.29 is 14.3 Å². The molecule has 3 aromatic carbocycles. The Kier molecular flexibility index (Phi) is 6.59. The molecule has 0 aliphatic rings. The number of amides is 1. The normalized spacial score (nSPS) is 10.8. The molecule has 1 amide bonds. The molecule has 172 valence electrons. The van der Waals surface area contributed by atoms with Gasteiger partial charge in [-0.25, -0.2) is 4.79 Å². The van der Waals surface area contributed by atoms with E-state index in [1.807, 2.05) is 74.5 Å². The molecule has 0 spiro atoms. The molecular formula is C28H26N2O4. The standard InChI is InChI=1S/C28H26N2O4/c1-4-19-14-10-11-18(2)25(19)29-23(31)17-34-28(33)26-24(20-12-6-5-7-13-20)21-15-8-9-16-22(21)27(32)30(26)3/h5-16H,4,17H2,1-3H3,(H,29,31). The fourth-order valence-corrected chi connectivity index (χ4v) is 4.18. The van der Waals surface area contributed by atoms with Crippen molar-refractivity contribution in [2.24, 2.45) is 7.05 Å². The average Bonchev–Trinajstić information content (AvgIpc) is 2.86. The van der Waals surface area contributed by atoms with Crippen LogP contribution in [0.15, 0.2) is 77.6 Å². The first kappa shape index (κ1) is 23.0. The van der Waals surface area contributed by atoms with Crippen molar-refractivity contribution in [3.8, 4) is 11.1 Å². The van der Waals surface area contributed by atoms with Crippen LogP contribution in [0.3, 0.4) is 0 Å². The highest BCUT2D eigenvalue weighted by atomic mass is 16.5. The lowest BCUT2D eigenvalue weighted by Gasteiger charge is -2.17. The number of pyridine rings is 1. The molecule has 0 atom stereocenters.